The molecule has 0 saturated carbocycles. The van der Waals surface area contributed by atoms with Gasteiger partial charge in [-0.2, -0.15) is 10.1 Å². The lowest BCUT2D eigenvalue weighted by atomic mass is 10.1. The van der Waals surface area contributed by atoms with Crippen LogP contribution in [-0.2, 0) is 7.05 Å². The van der Waals surface area contributed by atoms with E-state index in [2.05, 4.69) is 35.9 Å². The van der Waals surface area contributed by atoms with Gasteiger partial charge in [0.15, 0.2) is 5.65 Å². The first-order chi connectivity index (χ1) is 10.6. The molecule has 1 fully saturated rings. The minimum atomic E-state index is -0.0709. The summed E-state index contributed by atoms with van der Waals surface area (Å²) in [6.07, 6.45) is 5.38. The highest BCUT2D eigenvalue weighted by Crippen LogP contribution is 2.26. The summed E-state index contributed by atoms with van der Waals surface area (Å²) in [4.78, 5) is 23.2. The molecule has 0 atom stereocenters. The summed E-state index contributed by atoms with van der Waals surface area (Å²) in [6, 6.07) is 3.80. The minimum absolute atomic E-state index is 0.0709. The molecule has 7 nitrogen and oxygen atoms in total. The molecule has 8 heteroatoms. The largest absolute Gasteiger partial charge is 0.338 e. The maximum Gasteiger partial charge on any atom is 0.264 e. The molecule has 1 saturated heterocycles. The maximum absolute atomic E-state index is 12.4. The van der Waals surface area contributed by atoms with Crippen LogP contribution in [0.2, 0.25) is 0 Å². The molecule has 0 unspecified atom stereocenters. The Bertz CT molecular complexity index is 911. The van der Waals surface area contributed by atoms with Crippen LogP contribution in [0.3, 0.4) is 0 Å². The number of hydrogen-bond donors (Lipinski definition) is 0. The van der Waals surface area contributed by atoms with Gasteiger partial charge in [0.1, 0.15) is 0 Å². The molecule has 3 aromatic rings. The quantitative estimate of drug-likeness (QED) is 0.689. The highest BCUT2D eigenvalue weighted by molar-refractivity contribution is 9.10. The summed E-state index contributed by atoms with van der Waals surface area (Å²) in [5, 5.41) is 4.84. The molecule has 1 aliphatic heterocycles. The van der Waals surface area contributed by atoms with Crippen molar-refractivity contribution >= 4 is 32.9 Å². The Morgan fingerprint density at radius 1 is 1.36 bits per heavy atom. The van der Waals surface area contributed by atoms with Crippen LogP contribution >= 0.6 is 15.9 Å². The van der Waals surface area contributed by atoms with E-state index >= 15 is 0 Å². The molecule has 4 rings (SSSR count). The molecular formula is C14H13BrN6O. The van der Waals surface area contributed by atoms with Crippen LogP contribution in [0.25, 0.3) is 11.0 Å². The molecule has 1 aliphatic rings. The highest BCUT2D eigenvalue weighted by atomic mass is 79.9. The second-order valence-corrected chi connectivity index (χ2v) is 6.26. The predicted octanol–water partition coefficient (Wildman–Crippen LogP) is 1.35. The smallest absolute Gasteiger partial charge is 0.264 e. The fourth-order valence-corrected chi connectivity index (χ4v) is 2.98. The lowest BCUT2D eigenvalue weighted by Crippen LogP contribution is -2.50. The highest BCUT2D eigenvalue weighted by Gasteiger charge is 2.31. The molecule has 0 aromatic carbocycles. The molecule has 3 aromatic heterocycles. The normalized spacial score (nSPS) is 15.3. The van der Waals surface area contributed by atoms with Crippen LogP contribution < -0.4 is 10.5 Å². The zero-order chi connectivity index (χ0) is 15.3. The van der Waals surface area contributed by atoms with Crippen molar-refractivity contribution in [3.8, 4) is 0 Å². The average molecular weight is 361 g/mol. The van der Waals surface area contributed by atoms with Crippen molar-refractivity contribution in [3.63, 3.8) is 0 Å². The molecule has 0 N–H and O–H groups in total. The van der Waals surface area contributed by atoms with E-state index in [4.69, 9.17) is 0 Å². The van der Waals surface area contributed by atoms with Gasteiger partial charge in [0.05, 0.1) is 22.1 Å². The Morgan fingerprint density at radius 2 is 2.18 bits per heavy atom. The Balaban J connectivity index is 1.66. The lowest BCUT2D eigenvalue weighted by molar-refractivity contribution is 0.360. The van der Waals surface area contributed by atoms with Crippen molar-refractivity contribution in [2.45, 2.75) is 6.04 Å². The number of nitrogens with zero attached hydrogens (tertiary/aromatic N) is 6. The second kappa shape index (κ2) is 4.91. The Kier molecular flexibility index (Phi) is 3.00. The average Bonchev–Trinajstić information content (AvgIpc) is 2.89. The van der Waals surface area contributed by atoms with Crippen LogP contribution in [0.5, 0.6) is 0 Å². The molecule has 4 heterocycles. The SMILES string of the molecule is Cn1c(N2CC(n3cc(Br)cn3)C2)nc2ncccc2c1=O. The van der Waals surface area contributed by atoms with Gasteiger partial charge in [-0.3, -0.25) is 14.0 Å². The van der Waals surface area contributed by atoms with Gasteiger partial charge in [-0.05, 0) is 28.1 Å². The fraction of sp³-hybridized carbons (Fsp3) is 0.286. The van der Waals surface area contributed by atoms with E-state index in [9.17, 15) is 4.79 Å². The standard InChI is InChI=1S/C14H13BrN6O/c1-19-13(22)11-3-2-4-16-12(11)18-14(19)20-7-10(8-20)21-6-9(15)5-17-21/h2-6,10H,7-8H2,1H3. The predicted molar refractivity (Wildman–Crippen MR) is 86.0 cm³/mol. The number of pyridine rings is 1. The van der Waals surface area contributed by atoms with Crippen molar-refractivity contribution in [1.29, 1.82) is 0 Å². The maximum atomic E-state index is 12.4. The molecule has 0 spiro atoms. The number of fused-ring (bicyclic) bond motifs is 1. The topological polar surface area (TPSA) is 68.8 Å². The summed E-state index contributed by atoms with van der Waals surface area (Å²) < 4.78 is 4.48. The third-order valence-corrected chi connectivity index (χ3v) is 4.33. The van der Waals surface area contributed by atoms with E-state index in [1.807, 2.05) is 10.9 Å². The van der Waals surface area contributed by atoms with Crippen LogP contribution in [0, 0.1) is 0 Å². The van der Waals surface area contributed by atoms with Gasteiger partial charge in [-0.1, -0.05) is 0 Å². The van der Waals surface area contributed by atoms with Gasteiger partial charge in [-0.25, -0.2) is 4.98 Å². The van der Waals surface area contributed by atoms with E-state index in [1.54, 1.807) is 36.1 Å². The Hall–Kier alpha value is -2.22. The summed E-state index contributed by atoms with van der Waals surface area (Å²) in [5.41, 5.74) is 0.421. The third-order valence-electron chi connectivity index (χ3n) is 3.92. The number of anilines is 1. The molecule has 22 heavy (non-hydrogen) atoms. The van der Waals surface area contributed by atoms with E-state index in [0.717, 1.165) is 17.6 Å². The molecule has 0 radical (unpaired) electrons. The Morgan fingerprint density at radius 3 is 2.91 bits per heavy atom. The minimum Gasteiger partial charge on any atom is -0.338 e. The van der Waals surface area contributed by atoms with Crippen LogP contribution in [0.15, 0.2) is 40.0 Å². The first kappa shape index (κ1) is 13.4. The van der Waals surface area contributed by atoms with Crippen molar-refractivity contribution in [3.05, 3.63) is 45.5 Å². The second-order valence-electron chi connectivity index (χ2n) is 5.35. The molecule has 112 valence electrons. The zero-order valence-electron chi connectivity index (χ0n) is 11.8. The van der Waals surface area contributed by atoms with Crippen LogP contribution in [0.1, 0.15) is 6.04 Å². The van der Waals surface area contributed by atoms with Gasteiger partial charge in [0, 0.05) is 32.5 Å². The monoisotopic (exact) mass is 360 g/mol. The molecular weight excluding hydrogens is 348 g/mol. The van der Waals surface area contributed by atoms with Gasteiger partial charge in [0.2, 0.25) is 5.95 Å². The zero-order valence-corrected chi connectivity index (χ0v) is 13.4. The third kappa shape index (κ3) is 2.02. The van der Waals surface area contributed by atoms with E-state index in [-0.39, 0.29) is 5.56 Å². The molecule has 0 bridgehead atoms. The van der Waals surface area contributed by atoms with Crippen LogP contribution in [-0.4, -0.2) is 37.4 Å². The summed E-state index contributed by atoms with van der Waals surface area (Å²) in [7, 11) is 1.74. The van der Waals surface area contributed by atoms with Crippen molar-refractivity contribution in [1.82, 2.24) is 24.3 Å². The van der Waals surface area contributed by atoms with E-state index in [0.29, 0.717) is 23.0 Å². The lowest BCUT2D eigenvalue weighted by Gasteiger charge is -2.40. The fourth-order valence-electron chi connectivity index (χ4n) is 2.68. The van der Waals surface area contributed by atoms with Gasteiger partial charge < -0.3 is 4.90 Å². The first-order valence-electron chi connectivity index (χ1n) is 6.90. The summed E-state index contributed by atoms with van der Waals surface area (Å²) in [6.45, 7) is 1.54. The van der Waals surface area contributed by atoms with Gasteiger partial charge in [-0.15, -0.1) is 0 Å². The number of rotatable bonds is 2. The van der Waals surface area contributed by atoms with Crippen molar-refractivity contribution in [2.24, 2.45) is 7.05 Å². The van der Waals surface area contributed by atoms with Gasteiger partial charge in [0.25, 0.3) is 5.56 Å². The van der Waals surface area contributed by atoms with E-state index in [1.165, 1.54) is 0 Å². The summed E-state index contributed by atoms with van der Waals surface area (Å²) in [5.74, 6) is 0.652. The molecule has 0 aliphatic carbocycles. The number of aromatic nitrogens is 5. The van der Waals surface area contributed by atoms with Crippen molar-refractivity contribution < 1.29 is 0 Å². The van der Waals surface area contributed by atoms with Gasteiger partial charge >= 0.3 is 0 Å². The first-order valence-corrected chi connectivity index (χ1v) is 7.69. The number of hydrogen-bond acceptors (Lipinski definition) is 5. The summed E-state index contributed by atoms with van der Waals surface area (Å²) >= 11 is 3.40. The number of halogens is 1. The van der Waals surface area contributed by atoms with Crippen LogP contribution in [0.4, 0.5) is 5.95 Å². The van der Waals surface area contributed by atoms with Crippen molar-refractivity contribution in [2.75, 3.05) is 18.0 Å². The van der Waals surface area contributed by atoms with E-state index < -0.39 is 0 Å². The molecule has 0 amide bonds. The Labute approximate surface area is 134 Å².